The summed E-state index contributed by atoms with van der Waals surface area (Å²) in [7, 11) is -3.34. The fraction of sp³-hybridized carbons (Fsp3) is 1.00. The zero-order valence-electron chi connectivity index (χ0n) is 11.8. The van der Waals surface area contributed by atoms with Gasteiger partial charge in [0, 0.05) is 19.1 Å². The topological polar surface area (TPSA) is 75.4 Å². The Balaban J connectivity index is 2.59. The molecule has 1 atom stereocenters. The second kappa shape index (κ2) is 6.32. The number of nitrogens with zero attached hydrogens (tertiary/aromatic N) is 1. The van der Waals surface area contributed by atoms with Gasteiger partial charge < -0.3 is 5.73 Å². The molecule has 18 heavy (non-hydrogen) atoms. The van der Waals surface area contributed by atoms with E-state index in [4.69, 9.17) is 5.73 Å². The first kappa shape index (κ1) is 15.9. The maximum absolute atomic E-state index is 12.2. The standard InChI is InChI=1S/C12H27N3O2S/c1-11-6-4-5-9-15(11)18(16,17)14-10-12(2,3)7-8-13/h11,14H,4-10,13H2,1-3H3. The Morgan fingerprint density at radius 2 is 2.06 bits per heavy atom. The van der Waals surface area contributed by atoms with Crippen molar-refractivity contribution in [3.63, 3.8) is 0 Å². The van der Waals surface area contributed by atoms with Crippen molar-refractivity contribution in [1.82, 2.24) is 9.03 Å². The Morgan fingerprint density at radius 1 is 1.39 bits per heavy atom. The molecule has 1 saturated heterocycles. The summed E-state index contributed by atoms with van der Waals surface area (Å²) in [5, 5.41) is 0. The van der Waals surface area contributed by atoms with Crippen molar-refractivity contribution in [2.45, 2.75) is 52.5 Å². The fourth-order valence-corrected chi connectivity index (χ4v) is 3.97. The first-order chi connectivity index (χ1) is 8.28. The molecular formula is C12H27N3O2S. The monoisotopic (exact) mass is 277 g/mol. The lowest BCUT2D eigenvalue weighted by molar-refractivity contribution is 0.260. The summed E-state index contributed by atoms with van der Waals surface area (Å²) in [6.07, 6.45) is 3.83. The third-order valence-electron chi connectivity index (χ3n) is 3.60. The fourth-order valence-electron chi connectivity index (χ4n) is 2.28. The van der Waals surface area contributed by atoms with Crippen LogP contribution in [0, 0.1) is 5.41 Å². The zero-order chi connectivity index (χ0) is 13.8. The van der Waals surface area contributed by atoms with E-state index in [1.807, 2.05) is 20.8 Å². The van der Waals surface area contributed by atoms with Gasteiger partial charge in [-0.3, -0.25) is 0 Å². The lowest BCUT2D eigenvalue weighted by Gasteiger charge is -2.33. The van der Waals surface area contributed by atoms with E-state index in [0.29, 0.717) is 19.6 Å². The van der Waals surface area contributed by atoms with E-state index in [9.17, 15) is 8.42 Å². The molecule has 1 fully saturated rings. The average molecular weight is 277 g/mol. The van der Waals surface area contributed by atoms with Crippen molar-refractivity contribution in [3.05, 3.63) is 0 Å². The molecule has 108 valence electrons. The van der Waals surface area contributed by atoms with E-state index in [0.717, 1.165) is 25.7 Å². The Bertz CT molecular complexity index is 354. The first-order valence-electron chi connectivity index (χ1n) is 6.75. The van der Waals surface area contributed by atoms with Crippen LogP contribution in [0.3, 0.4) is 0 Å². The largest absolute Gasteiger partial charge is 0.330 e. The minimum atomic E-state index is -3.34. The van der Waals surface area contributed by atoms with Gasteiger partial charge in [-0.25, -0.2) is 4.72 Å². The van der Waals surface area contributed by atoms with Crippen molar-refractivity contribution in [3.8, 4) is 0 Å². The molecule has 0 aliphatic carbocycles. The predicted octanol–water partition coefficient (Wildman–Crippen LogP) is 1.07. The maximum atomic E-state index is 12.2. The molecule has 5 nitrogen and oxygen atoms in total. The molecule has 0 spiro atoms. The molecule has 0 aromatic carbocycles. The van der Waals surface area contributed by atoms with E-state index in [-0.39, 0.29) is 11.5 Å². The van der Waals surface area contributed by atoms with Gasteiger partial charge in [0.15, 0.2) is 0 Å². The van der Waals surface area contributed by atoms with Gasteiger partial charge in [-0.05, 0) is 38.1 Å². The summed E-state index contributed by atoms with van der Waals surface area (Å²) in [6.45, 7) is 7.69. The van der Waals surface area contributed by atoms with Crippen LogP contribution in [0.4, 0.5) is 0 Å². The van der Waals surface area contributed by atoms with Crippen LogP contribution >= 0.6 is 0 Å². The highest BCUT2D eigenvalue weighted by Crippen LogP contribution is 2.21. The normalized spacial score (nSPS) is 23.2. The number of hydrogen-bond donors (Lipinski definition) is 2. The summed E-state index contributed by atoms with van der Waals surface area (Å²) in [5.74, 6) is 0. The molecule has 0 saturated carbocycles. The highest BCUT2D eigenvalue weighted by atomic mass is 32.2. The van der Waals surface area contributed by atoms with Gasteiger partial charge in [-0.2, -0.15) is 12.7 Å². The van der Waals surface area contributed by atoms with Crippen LogP contribution in [0.25, 0.3) is 0 Å². The molecule has 0 amide bonds. The van der Waals surface area contributed by atoms with Crippen molar-refractivity contribution in [2.75, 3.05) is 19.6 Å². The van der Waals surface area contributed by atoms with Gasteiger partial charge in [0.25, 0.3) is 10.2 Å². The molecular weight excluding hydrogens is 250 g/mol. The van der Waals surface area contributed by atoms with Gasteiger partial charge in [-0.1, -0.05) is 20.3 Å². The Hall–Kier alpha value is -0.170. The van der Waals surface area contributed by atoms with E-state index in [2.05, 4.69) is 4.72 Å². The maximum Gasteiger partial charge on any atom is 0.279 e. The lowest BCUT2D eigenvalue weighted by atomic mass is 9.90. The summed E-state index contributed by atoms with van der Waals surface area (Å²) >= 11 is 0. The highest BCUT2D eigenvalue weighted by molar-refractivity contribution is 7.87. The van der Waals surface area contributed by atoms with Crippen molar-refractivity contribution >= 4 is 10.2 Å². The molecule has 3 N–H and O–H groups in total. The molecule has 1 aliphatic rings. The summed E-state index contributed by atoms with van der Waals surface area (Å²) < 4.78 is 28.8. The Labute approximate surface area is 111 Å². The Kier molecular flexibility index (Phi) is 5.58. The molecule has 1 heterocycles. The summed E-state index contributed by atoms with van der Waals surface area (Å²) in [4.78, 5) is 0. The molecule has 1 unspecified atom stereocenters. The number of hydrogen-bond acceptors (Lipinski definition) is 3. The molecule has 0 radical (unpaired) electrons. The van der Waals surface area contributed by atoms with Crippen molar-refractivity contribution in [2.24, 2.45) is 11.1 Å². The van der Waals surface area contributed by atoms with Gasteiger partial charge in [0.05, 0.1) is 0 Å². The van der Waals surface area contributed by atoms with Crippen LogP contribution in [0.1, 0.15) is 46.5 Å². The molecule has 0 bridgehead atoms. The minimum absolute atomic E-state index is 0.0964. The van der Waals surface area contributed by atoms with E-state index in [1.165, 1.54) is 0 Å². The number of nitrogens with one attached hydrogen (secondary N) is 1. The SMILES string of the molecule is CC1CCCCN1S(=O)(=O)NCC(C)(C)CCN. The van der Waals surface area contributed by atoms with Crippen LogP contribution in [-0.2, 0) is 10.2 Å². The third-order valence-corrected chi connectivity index (χ3v) is 5.27. The second-order valence-corrected chi connectivity index (χ2v) is 7.69. The van der Waals surface area contributed by atoms with E-state index >= 15 is 0 Å². The van der Waals surface area contributed by atoms with Gasteiger partial charge in [0.2, 0.25) is 0 Å². The number of nitrogens with two attached hydrogens (primary N) is 1. The quantitative estimate of drug-likeness (QED) is 0.762. The molecule has 1 aliphatic heterocycles. The number of piperidine rings is 1. The zero-order valence-corrected chi connectivity index (χ0v) is 12.6. The Morgan fingerprint density at radius 3 is 2.61 bits per heavy atom. The number of rotatable bonds is 6. The van der Waals surface area contributed by atoms with Crippen LogP contribution in [0.5, 0.6) is 0 Å². The van der Waals surface area contributed by atoms with Crippen LogP contribution < -0.4 is 10.5 Å². The minimum Gasteiger partial charge on any atom is -0.330 e. The smallest absolute Gasteiger partial charge is 0.279 e. The van der Waals surface area contributed by atoms with Gasteiger partial charge in [0.1, 0.15) is 0 Å². The van der Waals surface area contributed by atoms with Crippen molar-refractivity contribution < 1.29 is 8.42 Å². The predicted molar refractivity (Wildman–Crippen MR) is 74.4 cm³/mol. The molecule has 6 heteroatoms. The molecule has 0 aromatic heterocycles. The highest BCUT2D eigenvalue weighted by Gasteiger charge is 2.30. The molecule has 1 rings (SSSR count). The van der Waals surface area contributed by atoms with E-state index in [1.54, 1.807) is 4.31 Å². The van der Waals surface area contributed by atoms with Crippen LogP contribution in [-0.4, -0.2) is 38.4 Å². The van der Waals surface area contributed by atoms with Crippen LogP contribution in [0.15, 0.2) is 0 Å². The van der Waals surface area contributed by atoms with Crippen LogP contribution in [0.2, 0.25) is 0 Å². The second-order valence-electron chi connectivity index (χ2n) is 5.98. The first-order valence-corrected chi connectivity index (χ1v) is 8.19. The third kappa shape index (κ3) is 4.50. The van der Waals surface area contributed by atoms with E-state index < -0.39 is 10.2 Å². The summed E-state index contributed by atoms with van der Waals surface area (Å²) in [6, 6.07) is 0.105. The average Bonchev–Trinajstić information content (AvgIpc) is 2.27. The van der Waals surface area contributed by atoms with Gasteiger partial charge in [-0.15, -0.1) is 0 Å². The molecule has 0 aromatic rings. The lowest BCUT2D eigenvalue weighted by Crippen LogP contribution is -2.49. The van der Waals surface area contributed by atoms with Crippen molar-refractivity contribution in [1.29, 1.82) is 0 Å². The van der Waals surface area contributed by atoms with Gasteiger partial charge >= 0.3 is 0 Å². The summed E-state index contributed by atoms with van der Waals surface area (Å²) in [5.41, 5.74) is 5.43.